The van der Waals surface area contributed by atoms with Gasteiger partial charge in [0.1, 0.15) is 5.82 Å². The van der Waals surface area contributed by atoms with Crippen LogP contribution in [0.1, 0.15) is 34.3 Å². The molecule has 0 radical (unpaired) electrons. The highest BCUT2D eigenvalue weighted by Crippen LogP contribution is 2.22. The van der Waals surface area contributed by atoms with Crippen LogP contribution < -0.4 is 10.9 Å². The number of aromatic amines is 1. The lowest BCUT2D eigenvalue weighted by Gasteiger charge is -2.31. The van der Waals surface area contributed by atoms with Crippen LogP contribution in [0.2, 0.25) is 0 Å². The van der Waals surface area contributed by atoms with Gasteiger partial charge < -0.3 is 10.2 Å². The van der Waals surface area contributed by atoms with E-state index in [0.29, 0.717) is 30.0 Å². The van der Waals surface area contributed by atoms with E-state index in [2.05, 4.69) is 20.2 Å². The van der Waals surface area contributed by atoms with E-state index in [1.807, 2.05) is 30.3 Å². The Morgan fingerprint density at radius 3 is 2.38 bits per heavy atom. The topological polar surface area (TPSA) is 78.1 Å². The molecule has 2 N–H and O–H groups in total. The predicted molar refractivity (Wildman–Crippen MR) is 137 cm³/mol. The van der Waals surface area contributed by atoms with E-state index in [0.717, 1.165) is 38.0 Å². The Bertz CT molecular complexity index is 1100. The summed E-state index contributed by atoms with van der Waals surface area (Å²) < 4.78 is 13.1. The Morgan fingerprint density at radius 1 is 1.06 bits per heavy atom. The molecule has 0 aliphatic carbocycles. The summed E-state index contributed by atoms with van der Waals surface area (Å²) in [6, 6.07) is 15.7. The molecule has 0 atom stereocenters. The van der Waals surface area contributed by atoms with Crippen molar-refractivity contribution < 1.29 is 9.18 Å². The first kappa shape index (κ1) is 27.5. The third-order valence-corrected chi connectivity index (χ3v) is 5.96. The van der Waals surface area contributed by atoms with Crippen LogP contribution >= 0.6 is 24.8 Å². The first-order valence-electron chi connectivity index (χ1n) is 11.0. The van der Waals surface area contributed by atoms with E-state index in [1.54, 1.807) is 18.3 Å². The number of benzene rings is 2. The molecule has 1 aromatic heterocycles. The largest absolute Gasteiger partial charge is 0.352 e. The summed E-state index contributed by atoms with van der Waals surface area (Å²) in [4.78, 5) is 34.5. The second kappa shape index (κ2) is 13.2. The number of rotatable bonds is 8. The Labute approximate surface area is 210 Å². The molecule has 0 saturated carbocycles. The average molecular weight is 507 g/mol. The zero-order chi connectivity index (χ0) is 22.3. The first-order valence-corrected chi connectivity index (χ1v) is 11.0. The number of Topliss-reactive ketones (excluding diaryl/α,β-unsaturated/α-hetero) is 1. The molecule has 2 heterocycles. The molecule has 2 aromatic carbocycles. The Kier molecular flexibility index (Phi) is 10.7. The van der Waals surface area contributed by atoms with Gasteiger partial charge in [-0.1, -0.05) is 30.3 Å². The fourth-order valence-corrected chi connectivity index (χ4v) is 4.02. The van der Waals surface area contributed by atoms with Crippen LogP contribution in [0.15, 0.2) is 65.6 Å². The van der Waals surface area contributed by atoms with Crippen molar-refractivity contribution in [3.05, 3.63) is 93.7 Å². The third kappa shape index (κ3) is 7.38. The number of carbonyl (C=O) groups is 1. The van der Waals surface area contributed by atoms with Crippen LogP contribution in [0.4, 0.5) is 10.3 Å². The monoisotopic (exact) mass is 506 g/mol. The third-order valence-electron chi connectivity index (χ3n) is 5.96. The van der Waals surface area contributed by atoms with Gasteiger partial charge in [0, 0.05) is 36.3 Å². The van der Waals surface area contributed by atoms with Crippen LogP contribution in [-0.2, 0) is 13.0 Å². The minimum atomic E-state index is -0.333. The summed E-state index contributed by atoms with van der Waals surface area (Å²) in [5.41, 5.74) is 2.21. The Hall–Kier alpha value is -2.74. The molecule has 6 nitrogen and oxygen atoms in total. The maximum Gasteiger partial charge on any atom is 0.255 e. The maximum absolute atomic E-state index is 13.1. The fourth-order valence-electron chi connectivity index (χ4n) is 4.02. The summed E-state index contributed by atoms with van der Waals surface area (Å²) in [7, 11) is 0. The number of ketones is 1. The van der Waals surface area contributed by atoms with Crippen LogP contribution in [-0.4, -0.2) is 40.3 Å². The van der Waals surface area contributed by atoms with Gasteiger partial charge >= 0.3 is 0 Å². The maximum atomic E-state index is 13.1. The number of likely N-dealkylation sites (tertiary alicyclic amines) is 1. The van der Waals surface area contributed by atoms with Gasteiger partial charge in [-0.3, -0.25) is 14.6 Å². The van der Waals surface area contributed by atoms with E-state index < -0.39 is 0 Å². The second-order valence-electron chi connectivity index (χ2n) is 8.16. The number of nitrogens with one attached hydrogen (secondary N) is 2. The van der Waals surface area contributed by atoms with Crippen LogP contribution in [0.5, 0.6) is 0 Å². The van der Waals surface area contributed by atoms with Crippen LogP contribution in [0.3, 0.4) is 0 Å². The fraction of sp³-hybridized carbons (Fsp3) is 0.320. The molecular formula is C25H29Cl2FN4O2. The number of nitrogens with zero attached hydrogens (tertiary/aromatic N) is 2. The molecule has 0 amide bonds. The van der Waals surface area contributed by atoms with Gasteiger partial charge in [0.05, 0.1) is 0 Å². The molecule has 34 heavy (non-hydrogen) atoms. The molecule has 1 fully saturated rings. The Morgan fingerprint density at radius 2 is 1.74 bits per heavy atom. The number of carbonyl (C=O) groups excluding carboxylic acids is 1. The summed E-state index contributed by atoms with van der Waals surface area (Å²) in [6.07, 6.45) is 3.79. The van der Waals surface area contributed by atoms with Crippen molar-refractivity contribution in [1.82, 2.24) is 14.9 Å². The molecule has 182 valence electrons. The van der Waals surface area contributed by atoms with Crippen molar-refractivity contribution >= 4 is 36.5 Å². The Balaban J connectivity index is 0.00000204. The SMILES string of the molecule is Cl.Cl.O=C(c1ccc(F)cc1)C1CCN(CCc2cnc(NCc3ccccc3)[nH]c2=O)CC1. The van der Waals surface area contributed by atoms with Gasteiger partial charge in [0.15, 0.2) is 5.78 Å². The normalized spacial score (nSPS) is 14.0. The van der Waals surface area contributed by atoms with E-state index in [9.17, 15) is 14.0 Å². The molecule has 0 spiro atoms. The summed E-state index contributed by atoms with van der Waals surface area (Å²) >= 11 is 0. The number of hydrogen-bond donors (Lipinski definition) is 2. The van der Waals surface area contributed by atoms with Crippen molar-refractivity contribution in [1.29, 1.82) is 0 Å². The number of aromatic nitrogens is 2. The lowest BCUT2D eigenvalue weighted by atomic mass is 9.89. The van der Waals surface area contributed by atoms with Crippen LogP contribution in [0, 0.1) is 11.7 Å². The quantitative estimate of drug-likeness (QED) is 0.439. The molecular weight excluding hydrogens is 478 g/mol. The molecule has 1 aliphatic heterocycles. The van der Waals surface area contributed by atoms with Gasteiger partial charge in [-0.05, 0) is 62.2 Å². The first-order chi connectivity index (χ1) is 15.6. The predicted octanol–water partition coefficient (Wildman–Crippen LogP) is 4.50. The van der Waals surface area contributed by atoms with Crippen molar-refractivity contribution in [3.63, 3.8) is 0 Å². The summed E-state index contributed by atoms with van der Waals surface area (Å²) in [6.45, 7) is 2.95. The standard InChI is InChI=1S/C25H27FN4O2.2ClH/c26-22-8-6-19(7-9-22)23(31)20-10-13-30(14-11-20)15-12-21-17-28-25(29-24(21)32)27-16-18-4-2-1-3-5-18;;/h1-9,17,20H,10-16H2,(H2,27,28,29,32);2*1H. The lowest BCUT2D eigenvalue weighted by Crippen LogP contribution is -2.38. The highest BCUT2D eigenvalue weighted by molar-refractivity contribution is 5.97. The van der Waals surface area contributed by atoms with Gasteiger partial charge in [-0.2, -0.15) is 0 Å². The highest BCUT2D eigenvalue weighted by Gasteiger charge is 2.25. The second-order valence-corrected chi connectivity index (χ2v) is 8.16. The lowest BCUT2D eigenvalue weighted by molar-refractivity contribution is 0.0841. The van der Waals surface area contributed by atoms with Gasteiger partial charge in [0.2, 0.25) is 5.95 Å². The van der Waals surface area contributed by atoms with Crippen molar-refractivity contribution in [3.8, 4) is 0 Å². The zero-order valence-electron chi connectivity index (χ0n) is 18.7. The number of piperidine rings is 1. The number of H-pyrrole nitrogens is 1. The number of hydrogen-bond acceptors (Lipinski definition) is 5. The molecule has 9 heteroatoms. The molecule has 0 bridgehead atoms. The van der Waals surface area contributed by atoms with Gasteiger partial charge in [-0.25, -0.2) is 9.37 Å². The van der Waals surface area contributed by atoms with Crippen molar-refractivity contribution in [2.75, 3.05) is 25.0 Å². The van der Waals surface area contributed by atoms with Crippen molar-refractivity contribution in [2.24, 2.45) is 5.92 Å². The number of halogens is 3. The zero-order valence-corrected chi connectivity index (χ0v) is 20.3. The smallest absolute Gasteiger partial charge is 0.255 e. The van der Waals surface area contributed by atoms with Crippen LogP contribution in [0.25, 0.3) is 0 Å². The minimum absolute atomic E-state index is 0. The van der Waals surface area contributed by atoms with E-state index in [1.165, 1.54) is 12.1 Å². The van der Waals surface area contributed by atoms with E-state index in [-0.39, 0.29) is 47.9 Å². The van der Waals surface area contributed by atoms with Gasteiger partial charge in [-0.15, -0.1) is 24.8 Å². The number of anilines is 1. The average Bonchev–Trinajstić information content (AvgIpc) is 2.83. The molecule has 3 aromatic rings. The minimum Gasteiger partial charge on any atom is -0.352 e. The van der Waals surface area contributed by atoms with Crippen molar-refractivity contribution in [2.45, 2.75) is 25.8 Å². The van der Waals surface area contributed by atoms with E-state index >= 15 is 0 Å². The summed E-state index contributed by atoms with van der Waals surface area (Å²) in [5, 5.41) is 3.14. The molecule has 0 unspecified atom stereocenters. The highest BCUT2D eigenvalue weighted by atomic mass is 35.5. The molecule has 1 aliphatic rings. The summed E-state index contributed by atoms with van der Waals surface area (Å²) in [5.74, 6) is 0.184. The van der Waals surface area contributed by atoms with E-state index in [4.69, 9.17) is 0 Å². The van der Waals surface area contributed by atoms with Gasteiger partial charge in [0.25, 0.3) is 5.56 Å². The molecule has 4 rings (SSSR count). The molecule has 1 saturated heterocycles.